The molecular formula is C21H23N5O3. The van der Waals surface area contributed by atoms with Gasteiger partial charge in [0.05, 0.1) is 17.6 Å². The smallest absolute Gasteiger partial charge is 0.331 e. The molecule has 2 aromatic heterocycles. The maximum absolute atomic E-state index is 13.0. The Bertz CT molecular complexity index is 1110. The van der Waals surface area contributed by atoms with E-state index in [0.29, 0.717) is 11.4 Å². The van der Waals surface area contributed by atoms with E-state index in [0.717, 1.165) is 41.8 Å². The maximum atomic E-state index is 13.0. The molecule has 29 heavy (non-hydrogen) atoms. The van der Waals surface area contributed by atoms with Gasteiger partial charge < -0.3 is 10.4 Å². The van der Waals surface area contributed by atoms with Gasteiger partial charge >= 0.3 is 5.97 Å². The third-order valence-electron chi connectivity index (χ3n) is 5.43. The Hall–Kier alpha value is -3.42. The molecule has 0 saturated heterocycles. The van der Waals surface area contributed by atoms with E-state index in [1.54, 1.807) is 13.8 Å². The number of fused-ring (bicyclic) bond motifs is 1. The molecule has 2 heterocycles. The summed E-state index contributed by atoms with van der Waals surface area (Å²) in [4.78, 5) is 24.4. The lowest BCUT2D eigenvalue weighted by atomic mass is 10.1. The van der Waals surface area contributed by atoms with Crippen LogP contribution in [0.5, 0.6) is 0 Å². The first-order valence-electron chi connectivity index (χ1n) is 9.55. The molecule has 0 spiro atoms. The molecule has 4 rings (SSSR count). The van der Waals surface area contributed by atoms with Gasteiger partial charge in [0.1, 0.15) is 0 Å². The number of hydrogen-bond acceptors (Lipinski definition) is 4. The normalized spacial score (nSPS) is 13.3. The lowest BCUT2D eigenvalue weighted by molar-refractivity contribution is -0.146. The van der Waals surface area contributed by atoms with E-state index in [4.69, 9.17) is 0 Å². The molecule has 0 saturated carbocycles. The van der Waals surface area contributed by atoms with Gasteiger partial charge in [-0.05, 0) is 51.7 Å². The van der Waals surface area contributed by atoms with Crippen molar-refractivity contribution in [3.63, 3.8) is 0 Å². The first kappa shape index (κ1) is 18.9. The van der Waals surface area contributed by atoms with Gasteiger partial charge in [-0.3, -0.25) is 9.48 Å². The minimum atomic E-state index is -1.21. The Labute approximate surface area is 168 Å². The predicted octanol–water partition coefficient (Wildman–Crippen LogP) is 2.94. The van der Waals surface area contributed by atoms with Crippen LogP contribution >= 0.6 is 0 Å². The Balaban J connectivity index is 1.64. The molecular weight excluding hydrogens is 370 g/mol. The second kappa shape index (κ2) is 6.88. The Morgan fingerprint density at radius 3 is 2.69 bits per heavy atom. The first-order chi connectivity index (χ1) is 13.8. The highest BCUT2D eigenvalue weighted by Gasteiger charge is 2.31. The number of aromatic nitrogens is 4. The van der Waals surface area contributed by atoms with E-state index in [9.17, 15) is 14.7 Å². The summed E-state index contributed by atoms with van der Waals surface area (Å²) in [5.74, 6) is -1.32. The standard InChI is InChI=1S/C21H23N5O3/c1-13-7-4-5-9-16(13)26-17-10-6-8-15(17)18(24-26)19(27)23-14-11-22-25(12-14)21(2,3)20(28)29/h4-5,7,9,11-12H,6,8,10H2,1-3H3,(H,23,27)(H,28,29). The number of amides is 1. The van der Waals surface area contributed by atoms with Gasteiger partial charge in [-0.1, -0.05) is 18.2 Å². The van der Waals surface area contributed by atoms with Gasteiger partial charge in [-0.2, -0.15) is 10.2 Å². The van der Waals surface area contributed by atoms with E-state index in [1.165, 1.54) is 17.1 Å². The molecule has 0 unspecified atom stereocenters. The van der Waals surface area contributed by atoms with Crippen LogP contribution in [0.25, 0.3) is 5.69 Å². The van der Waals surface area contributed by atoms with Crippen molar-refractivity contribution < 1.29 is 14.7 Å². The number of carbonyl (C=O) groups excluding carboxylic acids is 1. The first-order valence-corrected chi connectivity index (χ1v) is 9.55. The van der Waals surface area contributed by atoms with Gasteiger partial charge in [0.25, 0.3) is 5.91 Å². The zero-order valence-electron chi connectivity index (χ0n) is 16.6. The van der Waals surface area contributed by atoms with Crippen molar-refractivity contribution in [2.24, 2.45) is 0 Å². The molecule has 8 nitrogen and oxygen atoms in total. The summed E-state index contributed by atoms with van der Waals surface area (Å²) < 4.78 is 3.20. The van der Waals surface area contributed by atoms with Crippen LogP contribution in [0, 0.1) is 6.92 Å². The molecule has 1 aromatic carbocycles. The van der Waals surface area contributed by atoms with Crippen molar-refractivity contribution in [2.45, 2.75) is 45.6 Å². The number of anilines is 1. The van der Waals surface area contributed by atoms with Crippen LogP contribution in [0.4, 0.5) is 5.69 Å². The second-order valence-electron chi connectivity index (χ2n) is 7.82. The number of aliphatic carboxylic acids is 1. The summed E-state index contributed by atoms with van der Waals surface area (Å²) in [5.41, 5.74) is 3.75. The van der Waals surface area contributed by atoms with Crippen LogP contribution in [0.1, 0.15) is 47.6 Å². The number of hydrogen-bond donors (Lipinski definition) is 2. The number of carboxylic acids is 1. The van der Waals surface area contributed by atoms with Crippen molar-refractivity contribution >= 4 is 17.6 Å². The van der Waals surface area contributed by atoms with Crippen LogP contribution in [0.2, 0.25) is 0 Å². The average Bonchev–Trinajstić information content (AvgIpc) is 3.38. The Morgan fingerprint density at radius 2 is 1.97 bits per heavy atom. The van der Waals surface area contributed by atoms with E-state index in [2.05, 4.69) is 15.5 Å². The van der Waals surface area contributed by atoms with Crippen molar-refractivity contribution in [2.75, 3.05) is 5.32 Å². The predicted molar refractivity (Wildman–Crippen MR) is 107 cm³/mol. The van der Waals surface area contributed by atoms with Crippen LogP contribution in [-0.2, 0) is 23.2 Å². The summed E-state index contributed by atoms with van der Waals surface area (Å²) in [7, 11) is 0. The van der Waals surface area contributed by atoms with E-state index >= 15 is 0 Å². The fraction of sp³-hybridized carbons (Fsp3) is 0.333. The summed E-state index contributed by atoms with van der Waals surface area (Å²) in [6.07, 6.45) is 5.65. The van der Waals surface area contributed by atoms with E-state index < -0.39 is 11.5 Å². The van der Waals surface area contributed by atoms with Crippen molar-refractivity contribution in [3.8, 4) is 5.69 Å². The molecule has 0 bridgehead atoms. The molecule has 150 valence electrons. The molecule has 0 aliphatic heterocycles. The van der Waals surface area contributed by atoms with Gasteiger partial charge in [-0.25, -0.2) is 9.48 Å². The SMILES string of the molecule is Cc1ccccc1-n1nc(C(=O)Nc2cnn(C(C)(C)C(=O)O)c2)c2c1CCC2. The van der Waals surface area contributed by atoms with Gasteiger partial charge in [0.15, 0.2) is 11.2 Å². The summed E-state index contributed by atoms with van der Waals surface area (Å²) in [6.45, 7) is 5.12. The number of aryl methyl sites for hydroxylation is 1. The highest BCUT2D eigenvalue weighted by Crippen LogP contribution is 2.29. The van der Waals surface area contributed by atoms with Crippen LogP contribution in [0.15, 0.2) is 36.7 Å². The topological polar surface area (TPSA) is 102 Å². The zero-order chi connectivity index (χ0) is 20.8. The van der Waals surface area contributed by atoms with Gasteiger partial charge in [0.2, 0.25) is 0 Å². The number of benzene rings is 1. The molecule has 1 amide bonds. The van der Waals surface area contributed by atoms with Crippen LogP contribution in [-0.4, -0.2) is 36.5 Å². The van der Waals surface area contributed by atoms with E-state index in [-0.39, 0.29) is 5.91 Å². The highest BCUT2D eigenvalue weighted by atomic mass is 16.4. The fourth-order valence-electron chi connectivity index (χ4n) is 3.60. The van der Waals surface area contributed by atoms with E-state index in [1.807, 2.05) is 35.9 Å². The van der Waals surface area contributed by atoms with Crippen molar-refractivity contribution in [1.29, 1.82) is 0 Å². The molecule has 1 aliphatic rings. The highest BCUT2D eigenvalue weighted by molar-refractivity contribution is 6.04. The summed E-state index contributed by atoms with van der Waals surface area (Å²) in [5, 5.41) is 20.9. The molecule has 2 N–H and O–H groups in total. The molecule has 3 aromatic rings. The van der Waals surface area contributed by atoms with Crippen LogP contribution in [0.3, 0.4) is 0 Å². The number of nitrogens with one attached hydrogen (secondary N) is 1. The maximum Gasteiger partial charge on any atom is 0.331 e. The van der Waals surface area contributed by atoms with Gasteiger partial charge in [-0.15, -0.1) is 0 Å². The van der Waals surface area contributed by atoms with Crippen LogP contribution < -0.4 is 5.32 Å². The van der Waals surface area contributed by atoms with Crippen molar-refractivity contribution in [3.05, 3.63) is 59.2 Å². The monoisotopic (exact) mass is 393 g/mol. The minimum absolute atomic E-state index is 0.317. The lowest BCUT2D eigenvalue weighted by Gasteiger charge is -2.19. The number of carboxylic acid groups (broad SMARTS) is 1. The Kier molecular flexibility index (Phi) is 4.49. The zero-order valence-corrected chi connectivity index (χ0v) is 16.6. The third-order valence-corrected chi connectivity index (χ3v) is 5.43. The molecule has 8 heteroatoms. The van der Waals surface area contributed by atoms with Crippen molar-refractivity contribution in [1.82, 2.24) is 19.6 Å². The minimum Gasteiger partial charge on any atom is -0.479 e. The molecule has 1 aliphatic carbocycles. The lowest BCUT2D eigenvalue weighted by Crippen LogP contribution is -2.35. The molecule has 0 radical (unpaired) electrons. The number of rotatable bonds is 5. The number of nitrogens with zero attached hydrogens (tertiary/aromatic N) is 4. The third kappa shape index (κ3) is 3.20. The Morgan fingerprint density at radius 1 is 1.21 bits per heavy atom. The fourth-order valence-corrected chi connectivity index (χ4v) is 3.60. The number of carbonyl (C=O) groups is 2. The second-order valence-corrected chi connectivity index (χ2v) is 7.82. The van der Waals surface area contributed by atoms with Gasteiger partial charge in [0, 0.05) is 17.5 Å². The quantitative estimate of drug-likeness (QED) is 0.694. The average molecular weight is 393 g/mol. The largest absolute Gasteiger partial charge is 0.479 e. The summed E-state index contributed by atoms with van der Waals surface area (Å²) in [6, 6.07) is 7.97. The molecule has 0 fully saturated rings. The number of para-hydroxylation sites is 1. The summed E-state index contributed by atoms with van der Waals surface area (Å²) >= 11 is 0. The molecule has 0 atom stereocenters.